The van der Waals surface area contributed by atoms with Crippen molar-refractivity contribution in [2.24, 2.45) is 0 Å². The maximum atomic E-state index is 13.5. The first-order valence-electron chi connectivity index (χ1n) is 41.0. The zero-order chi connectivity index (χ0) is 74.6. The van der Waals surface area contributed by atoms with Crippen molar-refractivity contribution in [2.45, 2.75) is 401 Å². The minimum absolute atomic E-state index is 0.232. The van der Waals surface area contributed by atoms with Gasteiger partial charge in [-0.1, -0.05) is 297 Å². The lowest BCUT2D eigenvalue weighted by molar-refractivity contribution is -0.379. The highest BCUT2D eigenvalue weighted by Crippen LogP contribution is 2.33. The number of rotatable bonds is 64. The van der Waals surface area contributed by atoms with E-state index < -0.39 is 124 Å². The third kappa shape index (κ3) is 43.5. The van der Waals surface area contributed by atoms with E-state index in [2.05, 4.69) is 104 Å². The van der Waals surface area contributed by atoms with E-state index in [0.29, 0.717) is 12.8 Å². The van der Waals surface area contributed by atoms with Crippen LogP contribution in [-0.2, 0) is 33.2 Å². The Morgan fingerprint density at radius 3 is 1.09 bits per heavy atom. The van der Waals surface area contributed by atoms with Crippen LogP contribution in [-0.4, -0.2) is 193 Å². The van der Waals surface area contributed by atoms with Gasteiger partial charge in [0.25, 0.3) is 0 Å². The number of aliphatic hydroxyl groups excluding tert-OH is 11. The lowest BCUT2D eigenvalue weighted by Gasteiger charge is -2.48. The number of ether oxygens (including phenoxy) is 6. The second-order valence-corrected chi connectivity index (χ2v) is 28.8. The summed E-state index contributed by atoms with van der Waals surface area (Å²) >= 11 is 0. The van der Waals surface area contributed by atoms with E-state index in [9.17, 15) is 61.0 Å². The minimum atomic E-state index is -1.98. The average Bonchev–Trinajstić information content (AvgIpc) is 0.782. The Morgan fingerprint density at radius 1 is 0.359 bits per heavy atom. The number of allylic oxidation sites excluding steroid dienone is 15. The van der Waals surface area contributed by atoms with Crippen LogP contribution in [0.15, 0.2) is 97.2 Å². The Bertz CT molecular complexity index is 2240. The molecule has 17 atom stereocenters. The first-order chi connectivity index (χ1) is 50.3. The molecule has 3 saturated heterocycles. The number of aliphatic hydroxyl groups is 11. The highest BCUT2D eigenvalue weighted by Gasteiger charge is 2.54. The Morgan fingerprint density at radius 2 is 0.680 bits per heavy atom. The lowest BCUT2D eigenvalue weighted by atomic mass is 9.96. The summed E-state index contributed by atoms with van der Waals surface area (Å²) in [6, 6.07) is -0.999. The van der Waals surface area contributed by atoms with Crippen LogP contribution < -0.4 is 5.32 Å². The van der Waals surface area contributed by atoms with Crippen LogP contribution in [0.5, 0.6) is 0 Å². The van der Waals surface area contributed by atoms with Gasteiger partial charge in [0.2, 0.25) is 5.91 Å². The van der Waals surface area contributed by atoms with Gasteiger partial charge in [0.1, 0.15) is 73.2 Å². The SMILES string of the molecule is CC/C=C\C/C=C\C/C=C\C/C=C\C/C=C\CCCCCCCCCCCCCCCCCCCCCCCCCCCC(=O)NC(COC1OC(CO)C(OC2OC(CO)C(OC3OC(CO)C(O)C(O)C3O)C(O)C2O)C(O)C1O)C(O)/C=C/CC/C=C/CC/C=C/CCCCCCCCC. The van der Waals surface area contributed by atoms with E-state index in [1.807, 2.05) is 6.08 Å². The summed E-state index contributed by atoms with van der Waals surface area (Å²) in [5, 5.41) is 121. The molecule has 1 amide bonds. The molecule has 0 aromatic carbocycles. The molecule has 0 aromatic rings. The Balaban J connectivity index is 1.30. The van der Waals surface area contributed by atoms with Crippen LogP contribution in [0.2, 0.25) is 0 Å². The van der Waals surface area contributed by atoms with Crippen LogP contribution in [0.3, 0.4) is 0 Å². The molecule has 12 N–H and O–H groups in total. The summed E-state index contributed by atoms with van der Waals surface area (Å²) in [4.78, 5) is 13.5. The molecule has 0 spiro atoms. The standard InChI is InChI=1S/C84H147NO18/c1-3-5-7-9-11-13-15-17-19-21-22-23-24-25-26-27-28-29-30-31-32-33-34-35-36-37-38-39-40-41-42-43-44-46-48-50-52-54-56-58-60-62-72(90)85-67(68(89)61-59-57-55-53-51-49-47-45-20-18-16-14-12-10-8-6-4-2)66-98-82-78(96)75(93)80(70(64-87)100-82)103-84-79(97)76(94)81(71(65-88)101-84)102-83-77(95)74(92)73(91)69(63-86)99-83/h5,7,11,13,17,19-20,22-23,25-26,45,51,53,59,61,67-71,73-84,86-89,91-97H,3-4,6,8-10,12,14-16,18,21,24,27-44,46-50,52,54-58,60,62-66H2,1-2H3,(H,85,90)/b7-5-,13-11-,19-17-,23-22-,26-25-,45-20+,53-51+,61-59+. The van der Waals surface area contributed by atoms with Crippen LogP contribution in [0.4, 0.5) is 0 Å². The van der Waals surface area contributed by atoms with Crippen molar-refractivity contribution in [3.8, 4) is 0 Å². The van der Waals surface area contributed by atoms with Gasteiger partial charge in [-0.2, -0.15) is 0 Å². The van der Waals surface area contributed by atoms with Crippen LogP contribution >= 0.6 is 0 Å². The van der Waals surface area contributed by atoms with Crippen LogP contribution in [0.25, 0.3) is 0 Å². The number of amides is 1. The van der Waals surface area contributed by atoms with Crippen molar-refractivity contribution in [1.82, 2.24) is 5.32 Å². The van der Waals surface area contributed by atoms with Crippen molar-refractivity contribution in [3.63, 3.8) is 0 Å². The summed E-state index contributed by atoms with van der Waals surface area (Å²) in [6.07, 6.45) is 59.9. The molecule has 103 heavy (non-hydrogen) atoms. The molecule has 0 radical (unpaired) electrons. The molecule has 0 aliphatic carbocycles. The van der Waals surface area contributed by atoms with Crippen LogP contribution in [0.1, 0.15) is 296 Å². The third-order valence-corrected chi connectivity index (χ3v) is 19.8. The molecule has 19 nitrogen and oxygen atoms in total. The van der Waals surface area contributed by atoms with Gasteiger partial charge in [-0.05, 0) is 89.9 Å². The van der Waals surface area contributed by atoms with E-state index in [-0.39, 0.29) is 18.9 Å². The zero-order valence-corrected chi connectivity index (χ0v) is 63.8. The van der Waals surface area contributed by atoms with E-state index in [1.54, 1.807) is 6.08 Å². The summed E-state index contributed by atoms with van der Waals surface area (Å²) in [5.41, 5.74) is 0. The summed E-state index contributed by atoms with van der Waals surface area (Å²) in [5.74, 6) is -0.287. The third-order valence-electron chi connectivity index (χ3n) is 19.8. The number of carbonyl (C=O) groups is 1. The molecule has 0 bridgehead atoms. The fourth-order valence-electron chi connectivity index (χ4n) is 13.3. The predicted molar refractivity (Wildman–Crippen MR) is 411 cm³/mol. The van der Waals surface area contributed by atoms with Gasteiger partial charge < -0.3 is 89.9 Å². The van der Waals surface area contributed by atoms with E-state index in [1.165, 1.54) is 186 Å². The van der Waals surface area contributed by atoms with Crippen molar-refractivity contribution in [2.75, 3.05) is 26.4 Å². The Hall–Kier alpha value is -3.29. The van der Waals surface area contributed by atoms with Gasteiger partial charge in [-0.3, -0.25) is 4.79 Å². The minimum Gasteiger partial charge on any atom is -0.394 e. The first-order valence-corrected chi connectivity index (χ1v) is 41.0. The Kier molecular flexibility index (Phi) is 58.0. The van der Waals surface area contributed by atoms with Gasteiger partial charge in [-0.15, -0.1) is 0 Å². The van der Waals surface area contributed by atoms with Crippen molar-refractivity contribution in [1.29, 1.82) is 0 Å². The van der Waals surface area contributed by atoms with Crippen LogP contribution in [0, 0.1) is 0 Å². The van der Waals surface area contributed by atoms with Gasteiger partial charge in [0, 0.05) is 6.42 Å². The molecule has 19 heteroatoms. The summed E-state index contributed by atoms with van der Waals surface area (Å²) < 4.78 is 34.4. The molecular formula is C84H147NO18. The van der Waals surface area contributed by atoms with Gasteiger partial charge in [0.05, 0.1) is 38.6 Å². The van der Waals surface area contributed by atoms with Crippen molar-refractivity contribution in [3.05, 3.63) is 97.2 Å². The molecule has 0 aromatic heterocycles. The highest BCUT2D eigenvalue weighted by atomic mass is 16.8. The summed E-state index contributed by atoms with van der Waals surface area (Å²) in [6.45, 7) is 1.60. The quantitative estimate of drug-likeness (QED) is 0.0199. The van der Waals surface area contributed by atoms with Gasteiger partial charge in [0.15, 0.2) is 18.9 Å². The first kappa shape index (κ1) is 93.9. The average molecular weight is 1460 g/mol. The molecule has 3 aliphatic heterocycles. The van der Waals surface area contributed by atoms with E-state index in [4.69, 9.17) is 28.4 Å². The number of hydrogen-bond donors (Lipinski definition) is 12. The lowest BCUT2D eigenvalue weighted by Crippen LogP contribution is -2.66. The van der Waals surface area contributed by atoms with Gasteiger partial charge in [-0.25, -0.2) is 0 Å². The van der Waals surface area contributed by atoms with E-state index >= 15 is 0 Å². The number of unbranched alkanes of at least 4 members (excludes halogenated alkanes) is 34. The topological polar surface area (TPSA) is 307 Å². The van der Waals surface area contributed by atoms with Gasteiger partial charge >= 0.3 is 0 Å². The normalized spacial score (nSPS) is 26.6. The fraction of sp³-hybridized carbons (Fsp3) is 0.798. The molecule has 3 rings (SSSR count). The number of hydrogen-bond acceptors (Lipinski definition) is 18. The number of carbonyl (C=O) groups excluding carboxylic acids is 1. The monoisotopic (exact) mass is 1460 g/mol. The second-order valence-electron chi connectivity index (χ2n) is 28.8. The summed E-state index contributed by atoms with van der Waals surface area (Å²) in [7, 11) is 0. The Labute approximate surface area is 622 Å². The molecule has 17 unspecified atom stereocenters. The zero-order valence-electron chi connectivity index (χ0n) is 63.8. The fourth-order valence-corrected chi connectivity index (χ4v) is 13.3. The highest BCUT2D eigenvalue weighted by molar-refractivity contribution is 5.76. The van der Waals surface area contributed by atoms with E-state index in [0.717, 1.165) is 77.0 Å². The maximum Gasteiger partial charge on any atom is 0.220 e. The molecule has 3 aliphatic rings. The molecule has 0 saturated carbocycles. The number of nitrogens with one attached hydrogen (secondary N) is 1. The van der Waals surface area contributed by atoms with Crippen molar-refractivity contribution < 1.29 is 89.4 Å². The van der Waals surface area contributed by atoms with Crippen molar-refractivity contribution >= 4 is 5.91 Å². The smallest absolute Gasteiger partial charge is 0.220 e. The molecule has 3 fully saturated rings. The second kappa shape index (κ2) is 63.6. The molecule has 596 valence electrons. The maximum absolute atomic E-state index is 13.5. The largest absolute Gasteiger partial charge is 0.394 e. The molecular weight excluding hydrogens is 1310 g/mol. The predicted octanol–water partition coefficient (Wildman–Crippen LogP) is 14.0. The molecule has 3 heterocycles.